The van der Waals surface area contributed by atoms with Gasteiger partial charge in [0.05, 0.1) is 0 Å². The topological polar surface area (TPSA) is 27.7 Å². The third-order valence-corrected chi connectivity index (χ3v) is 8.20. The Balaban J connectivity index is 2.05. The fourth-order valence-corrected chi connectivity index (χ4v) is 6.27. The van der Waals surface area contributed by atoms with Gasteiger partial charge < -0.3 is 13.3 Å². The second-order valence-electron chi connectivity index (χ2n) is 6.35. The fraction of sp³-hybridized carbons (Fsp3) is 0.875. The second kappa shape index (κ2) is 7.21. The molecule has 1 fully saturated rings. The molecule has 0 aromatic carbocycles. The van der Waals surface area contributed by atoms with Gasteiger partial charge in [0.25, 0.3) is 0 Å². The first-order chi connectivity index (χ1) is 9.68. The van der Waals surface area contributed by atoms with E-state index in [1.807, 2.05) is 0 Å². The van der Waals surface area contributed by atoms with E-state index in [0.29, 0.717) is 5.92 Å². The van der Waals surface area contributed by atoms with E-state index in [1.165, 1.54) is 32.1 Å². The summed E-state index contributed by atoms with van der Waals surface area (Å²) in [5.41, 5.74) is 0. The third-order valence-electron chi connectivity index (χ3n) is 5.31. The molecule has 0 saturated heterocycles. The predicted molar refractivity (Wildman–Crippen MR) is 83.4 cm³/mol. The van der Waals surface area contributed by atoms with Crippen LogP contribution in [0.2, 0.25) is 6.04 Å². The molecule has 2 bridgehead atoms. The van der Waals surface area contributed by atoms with Crippen LogP contribution in [0.15, 0.2) is 12.2 Å². The zero-order valence-corrected chi connectivity index (χ0v) is 14.4. The van der Waals surface area contributed by atoms with Gasteiger partial charge in [0.15, 0.2) is 0 Å². The standard InChI is InChI=1S/C16H30O3Si/c1-5-6-7-15(12-20(17-2,18-3)19-4)16-11-13-8-9-14(16)10-13/h8-9,13-16H,5-7,10-12H2,1-4H3. The molecule has 0 amide bonds. The molecule has 2 aliphatic carbocycles. The molecule has 0 spiro atoms. The highest BCUT2D eigenvalue weighted by Gasteiger charge is 2.46. The molecular formula is C16H30O3Si. The number of fused-ring (bicyclic) bond motifs is 2. The van der Waals surface area contributed by atoms with E-state index in [0.717, 1.165) is 23.8 Å². The van der Waals surface area contributed by atoms with Crippen molar-refractivity contribution in [3.8, 4) is 0 Å². The van der Waals surface area contributed by atoms with Gasteiger partial charge in [-0.25, -0.2) is 0 Å². The van der Waals surface area contributed by atoms with Gasteiger partial charge in [-0.2, -0.15) is 0 Å². The van der Waals surface area contributed by atoms with Gasteiger partial charge in [-0.3, -0.25) is 0 Å². The Labute approximate surface area is 125 Å². The minimum absolute atomic E-state index is 0.682. The minimum Gasteiger partial charge on any atom is -0.377 e. The van der Waals surface area contributed by atoms with Crippen LogP contribution >= 0.6 is 0 Å². The molecule has 0 aliphatic heterocycles. The molecule has 0 aromatic heterocycles. The van der Waals surface area contributed by atoms with E-state index >= 15 is 0 Å². The van der Waals surface area contributed by atoms with Gasteiger partial charge in [-0.1, -0.05) is 38.3 Å². The van der Waals surface area contributed by atoms with Crippen molar-refractivity contribution in [2.45, 2.75) is 45.1 Å². The smallest absolute Gasteiger partial charge is 0.377 e. The highest BCUT2D eigenvalue weighted by atomic mass is 28.4. The molecule has 1 saturated carbocycles. The van der Waals surface area contributed by atoms with Gasteiger partial charge in [-0.05, 0) is 36.5 Å². The molecule has 4 unspecified atom stereocenters. The molecule has 4 atom stereocenters. The molecule has 2 aliphatic rings. The summed E-state index contributed by atoms with van der Waals surface area (Å²) in [4.78, 5) is 0. The summed E-state index contributed by atoms with van der Waals surface area (Å²) in [6.45, 7) is 2.27. The van der Waals surface area contributed by atoms with Crippen LogP contribution in [0.4, 0.5) is 0 Å². The van der Waals surface area contributed by atoms with Gasteiger partial charge >= 0.3 is 8.80 Å². The Kier molecular flexibility index (Phi) is 5.84. The lowest BCUT2D eigenvalue weighted by molar-refractivity contribution is 0.109. The van der Waals surface area contributed by atoms with Crippen molar-refractivity contribution in [3.05, 3.63) is 12.2 Å². The first-order valence-electron chi connectivity index (χ1n) is 8.01. The molecule has 0 N–H and O–H groups in total. The van der Waals surface area contributed by atoms with Gasteiger partial charge in [-0.15, -0.1) is 0 Å². The number of unbranched alkanes of at least 4 members (excludes halogenated alkanes) is 1. The highest BCUT2D eigenvalue weighted by Crippen LogP contribution is 2.49. The number of rotatable bonds is 9. The average Bonchev–Trinajstić information content (AvgIpc) is 3.11. The van der Waals surface area contributed by atoms with Crippen LogP contribution in [-0.4, -0.2) is 30.1 Å². The first kappa shape index (κ1) is 16.2. The molecule has 20 heavy (non-hydrogen) atoms. The van der Waals surface area contributed by atoms with E-state index < -0.39 is 8.80 Å². The highest BCUT2D eigenvalue weighted by molar-refractivity contribution is 6.60. The summed E-state index contributed by atoms with van der Waals surface area (Å²) in [5, 5.41) is 0. The number of allylic oxidation sites excluding steroid dienone is 2. The molecule has 3 nitrogen and oxygen atoms in total. The molecule has 0 radical (unpaired) electrons. The van der Waals surface area contributed by atoms with Crippen LogP contribution < -0.4 is 0 Å². The molecule has 0 heterocycles. The number of hydrogen-bond acceptors (Lipinski definition) is 3. The quantitative estimate of drug-likeness (QED) is 0.477. The Bertz CT molecular complexity index is 319. The lowest BCUT2D eigenvalue weighted by atomic mass is 9.80. The van der Waals surface area contributed by atoms with Crippen molar-refractivity contribution in [2.24, 2.45) is 23.7 Å². The van der Waals surface area contributed by atoms with Crippen LogP contribution in [0.25, 0.3) is 0 Å². The van der Waals surface area contributed by atoms with E-state index in [9.17, 15) is 0 Å². The summed E-state index contributed by atoms with van der Waals surface area (Å²) in [7, 11) is 2.75. The van der Waals surface area contributed by atoms with Gasteiger partial charge in [0.2, 0.25) is 0 Å². The Morgan fingerprint density at radius 3 is 2.25 bits per heavy atom. The van der Waals surface area contributed by atoms with Crippen molar-refractivity contribution >= 4 is 8.80 Å². The van der Waals surface area contributed by atoms with Crippen LogP contribution in [0, 0.1) is 23.7 Å². The minimum atomic E-state index is -2.45. The van der Waals surface area contributed by atoms with Crippen LogP contribution in [0.1, 0.15) is 39.0 Å². The summed E-state index contributed by atoms with van der Waals surface area (Å²) in [6.07, 6.45) is 11.4. The van der Waals surface area contributed by atoms with Gasteiger partial charge in [0.1, 0.15) is 0 Å². The third kappa shape index (κ3) is 3.35. The molecule has 116 valence electrons. The maximum Gasteiger partial charge on any atom is 0.500 e. The maximum atomic E-state index is 5.66. The van der Waals surface area contributed by atoms with E-state index in [1.54, 1.807) is 21.3 Å². The van der Waals surface area contributed by atoms with Crippen molar-refractivity contribution in [1.29, 1.82) is 0 Å². The molecule has 4 heteroatoms. The van der Waals surface area contributed by atoms with E-state index in [-0.39, 0.29) is 0 Å². The molecule has 0 aromatic rings. The Morgan fingerprint density at radius 2 is 1.80 bits per heavy atom. The summed E-state index contributed by atoms with van der Waals surface area (Å²) in [6, 6.07) is 0.970. The van der Waals surface area contributed by atoms with E-state index in [4.69, 9.17) is 13.3 Å². The zero-order chi connectivity index (χ0) is 14.6. The summed E-state index contributed by atoms with van der Waals surface area (Å²) < 4.78 is 17.0. The van der Waals surface area contributed by atoms with Crippen molar-refractivity contribution in [3.63, 3.8) is 0 Å². The van der Waals surface area contributed by atoms with Crippen LogP contribution in [-0.2, 0) is 13.3 Å². The number of hydrogen-bond donors (Lipinski definition) is 0. The lowest BCUT2D eigenvalue weighted by Crippen LogP contribution is -2.45. The van der Waals surface area contributed by atoms with Crippen molar-refractivity contribution < 1.29 is 13.3 Å². The van der Waals surface area contributed by atoms with Crippen molar-refractivity contribution in [2.75, 3.05) is 21.3 Å². The Morgan fingerprint density at radius 1 is 1.10 bits per heavy atom. The van der Waals surface area contributed by atoms with Crippen LogP contribution in [0.5, 0.6) is 0 Å². The Hall–Kier alpha value is -0.163. The van der Waals surface area contributed by atoms with E-state index in [2.05, 4.69) is 19.1 Å². The zero-order valence-electron chi connectivity index (χ0n) is 13.4. The second-order valence-corrected chi connectivity index (χ2v) is 9.34. The molecule has 2 rings (SSSR count). The summed E-state index contributed by atoms with van der Waals surface area (Å²) >= 11 is 0. The molecular weight excluding hydrogens is 268 g/mol. The largest absolute Gasteiger partial charge is 0.500 e. The SMILES string of the molecule is CCCCC(C[Si](OC)(OC)OC)C1CC2C=CC1C2. The summed E-state index contributed by atoms with van der Waals surface area (Å²) in [5.74, 6) is 3.11. The van der Waals surface area contributed by atoms with Crippen LogP contribution in [0.3, 0.4) is 0 Å². The lowest BCUT2D eigenvalue weighted by Gasteiger charge is -2.34. The fourth-order valence-electron chi connectivity index (χ4n) is 4.12. The predicted octanol–water partition coefficient (Wildman–Crippen LogP) is 3.88. The van der Waals surface area contributed by atoms with Gasteiger partial charge in [0, 0.05) is 27.4 Å². The monoisotopic (exact) mass is 298 g/mol. The normalized spacial score (nSPS) is 30.1. The maximum absolute atomic E-state index is 5.66. The first-order valence-corrected chi connectivity index (χ1v) is 9.95. The van der Waals surface area contributed by atoms with Crippen molar-refractivity contribution in [1.82, 2.24) is 0 Å². The average molecular weight is 298 g/mol.